The first kappa shape index (κ1) is 17.4. The van der Waals surface area contributed by atoms with E-state index in [0.29, 0.717) is 4.90 Å². The topological polar surface area (TPSA) is 49.4 Å². The zero-order chi connectivity index (χ0) is 13.9. The Labute approximate surface area is 128 Å². The van der Waals surface area contributed by atoms with Crippen LogP contribution in [0.1, 0.15) is 25.3 Å². The molecule has 0 amide bonds. The first-order valence-corrected chi connectivity index (χ1v) is 8.31. The summed E-state index contributed by atoms with van der Waals surface area (Å²) in [6.45, 7) is 7.06. The van der Waals surface area contributed by atoms with Gasteiger partial charge in [-0.1, -0.05) is 24.6 Å². The standard InChI is InChI=1S/C14H22N2O2S.ClH/c1-3-16-10-8-13(9-11-16)15-19(17,18)14-6-4-12(2)5-7-14;/h4-7,13,15H,3,8-11H2,1-2H3;1H. The van der Waals surface area contributed by atoms with Crippen LogP contribution < -0.4 is 4.72 Å². The van der Waals surface area contributed by atoms with Crippen molar-refractivity contribution in [3.05, 3.63) is 29.8 Å². The average molecular weight is 319 g/mol. The molecule has 0 atom stereocenters. The van der Waals surface area contributed by atoms with Gasteiger partial charge in [0.25, 0.3) is 0 Å². The number of nitrogens with zero attached hydrogens (tertiary/aromatic N) is 1. The van der Waals surface area contributed by atoms with Gasteiger partial charge in [-0.2, -0.15) is 0 Å². The van der Waals surface area contributed by atoms with E-state index in [4.69, 9.17) is 0 Å². The molecule has 0 spiro atoms. The van der Waals surface area contributed by atoms with Gasteiger partial charge in [-0.05, 0) is 51.5 Å². The van der Waals surface area contributed by atoms with E-state index >= 15 is 0 Å². The van der Waals surface area contributed by atoms with Gasteiger partial charge in [-0.3, -0.25) is 0 Å². The first-order valence-electron chi connectivity index (χ1n) is 6.82. The number of halogens is 1. The summed E-state index contributed by atoms with van der Waals surface area (Å²) in [4.78, 5) is 2.70. The quantitative estimate of drug-likeness (QED) is 0.925. The summed E-state index contributed by atoms with van der Waals surface area (Å²) in [6, 6.07) is 7.05. The molecule has 20 heavy (non-hydrogen) atoms. The minimum absolute atomic E-state index is 0. The Morgan fingerprint density at radius 2 is 1.75 bits per heavy atom. The normalized spacial score (nSPS) is 17.7. The second-order valence-electron chi connectivity index (χ2n) is 5.14. The largest absolute Gasteiger partial charge is 0.303 e. The van der Waals surface area contributed by atoms with Crippen molar-refractivity contribution in [2.45, 2.75) is 37.6 Å². The Morgan fingerprint density at radius 3 is 2.25 bits per heavy atom. The van der Waals surface area contributed by atoms with Crippen LogP contribution in [0.3, 0.4) is 0 Å². The third-order valence-electron chi connectivity index (χ3n) is 3.69. The maximum Gasteiger partial charge on any atom is 0.240 e. The van der Waals surface area contributed by atoms with E-state index in [-0.39, 0.29) is 18.4 Å². The van der Waals surface area contributed by atoms with Crippen molar-refractivity contribution in [2.75, 3.05) is 19.6 Å². The van der Waals surface area contributed by atoms with E-state index in [1.54, 1.807) is 12.1 Å². The van der Waals surface area contributed by atoms with E-state index in [2.05, 4.69) is 16.5 Å². The van der Waals surface area contributed by atoms with Gasteiger partial charge in [-0.15, -0.1) is 12.4 Å². The van der Waals surface area contributed by atoms with Gasteiger partial charge >= 0.3 is 0 Å². The van der Waals surface area contributed by atoms with Gasteiger partial charge in [-0.25, -0.2) is 13.1 Å². The molecule has 0 aliphatic carbocycles. The molecule has 6 heteroatoms. The van der Waals surface area contributed by atoms with Gasteiger partial charge in [0.2, 0.25) is 10.0 Å². The smallest absolute Gasteiger partial charge is 0.240 e. The lowest BCUT2D eigenvalue weighted by Gasteiger charge is -2.31. The van der Waals surface area contributed by atoms with E-state index in [9.17, 15) is 8.42 Å². The number of piperidine rings is 1. The second kappa shape index (κ2) is 7.41. The van der Waals surface area contributed by atoms with Crippen molar-refractivity contribution in [2.24, 2.45) is 0 Å². The van der Waals surface area contributed by atoms with E-state index in [1.807, 2.05) is 19.1 Å². The number of hydrogen-bond donors (Lipinski definition) is 1. The number of rotatable bonds is 4. The highest BCUT2D eigenvalue weighted by Gasteiger charge is 2.23. The highest BCUT2D eigenvalue weighted by Crippen LogP contribution is 2.15. The van der Waals surface area contributed by atoms with Crippen molar-refractivity contribution in [3.8, 4) is 0 Å². The molecule has 1 aromatic carbocycles. The summed E-state index contributed by atoms with van der Waals surface area (Å²) >= 11 is 0. The van der Waals surface area contributed by atoms with E-state index in [0.717, 1.165) is 38.0 Å². The number of likely N-dealkylation sites (tertiary alicyclic amines) is 1. The summed E-state index contributed by atoms with van der Waals surface area (Å²) < 4.78 is 27.3. The fraction of sp³-hybridized carbons (Fsp3) is 0.571. The first-order chi connectivity index (χ1) is 9.01. The molecular formula is C14H23ClN2O2S. The van der Waals surface area contributed by atoms with Crippen LogP contribution in [0.2, 0.25) is 0 Å². The molecule has 0 saturated carbocycles. The molecule has 0 radical (unpaired) electrons. The van der Waals surface area contributed by atoms with Crippen LogP contribution in [-0.4, -0.2) is 39.0 Å². The number of sulfonamides is 1. The lowest BCUT2D eigenvalue weighted by atomic mass is 10.1. The molecule has 0 unspecified atom stereocenters. The van der Waals surface area contributed by atoms with Crippen LogP contribution in [-0.2, 0) is 10.0 Å². The lowest BCUT2D eigenvalue weighted by molar-refractivity contribution is 0.217. The molecule has 114 valence electrons. The van der Waals surface area contributed by atoms with Crippen LogP contribution in [0.25, 0.3) is 0 Å². The summed E-state index contributed by atoms with van der Waals surface area (Å²) in [7, 11) is -3.37. The monoisotopic (exact) mass is 318 g/mol. The fourth-order valence-corrected chi connectivity index (χ4v) is 3.68. The van der Waals surface area contributed by atoms with Gasteiger partial charge in [0.15, 0.2) is 0 Å². The van der Waals surface area contributed by atoms with Gasteiger partial charge in [0.05, 0.1) is 4.90 Å². The van der Waals surface area contributed by atoms with Crippen molar-refractivity contribution in [1.29, 1.82) is 0 Å². The SMILES string of the molecule is CCN1CCC(NS(=O)(=O)c2ccc(C)cc2)CC1.Cl. The zero-order valence-electron chi connectivity index (χ0n) is 12.0. The highest BCUT2D eigenvalue weighted by molar-refractivity contribution is 7.89. The maximum absolute atomic E-state index is 12.2. The number of hydrogen-bond acceptors (Lipinski definition) is 3. The van der Waals surface area contributed by atoms with Gasteiger partial charge < -0.3 is 4.90 Å². The summed E-state index contributed by atoms with van der Waals surface area (Å²) in [5.74, 6) is 0. The molecule has 1 aromatic rings. The predicted molar refractivity (Wildman–Crippen MR) is 83.9 cm³/mol. The summed E-state index contributed by atoms with van der Waals surface area (Å²) in [5, 5.41) is 0. The predicted octanol–water partition coefficient (Wildman–Crippen LogP) is 2.18. The Kier molecular flexibility index (Phi) is 6.45. The summed E-state index contributed by atoms with van der Waals surface area (Å²) in [6.07, 6.45) is 1.78. The average Bonchev–Trinajstić information content (AvgIpc) is 2.40. The molecular weight excluding hydrogens is 296 g/mol. The Hall–Kier alpha value is -0.620. The van der Waals surface area contributed by atoms with Crippen molar-refractivity contribution < 1.29 is 8.42 Å². The van der Waals surface area contributed by atoms with E-state index in [1.165, 1.54) is 0 Å². The molecule has 2 rings (SSSR count). The number of aryl methyl sites for hydroxylation is 1. The lowest BCUT2D eigenvalue weighted by Crippen LogP contribution is -2.44. The minimum atomic E-state index is -3.37. The highest BCUT2D eigenvalue weighted by atomic mass is 35.5. The molecule has 1 N–H and O–H groups in total. The zero-order valence-corrected chi connectivity index (χ0v) is 13.6. The van der Waals surface area contributed by atoms with Crippen LogP contribution in [0.5, 0.6) is 0 Å². The Bertz CT molecular complexity index is 508. The molecule has 1 aliphatic rings. The van der Waals surface area contributed by atoms with Crippen LogP contribution in [0, 0.1) is 6.92 Å². The molecule has 0 bridgehead atoms. The molecule has 4 nitrogen and oxygen atoms in total. The Morgan fingerprint density at radius 1 is 1.20 bits per heavy atom. The minimum Gasteiger partial charge on any atom is -0.303 e. The second-order valence-corrected chi connectivity index (χ2v) is 6.86. The summed E-state index contributed by atoms with van der Waals surface area (Å²) in [5.41, 5.74) is 1.07. The van der Waals surface area contributed by atoms with E-state index < -0.39 is 10.0 Å². The van der Waals surface area contributed by atoms with Gasteiger partial charge in [0, 0.05) is 6.04 Å². The molecule has 1 aliphatic heterocycles. The maximum atomic E-state index is 12.2. The molecule has 0 aromatic heterocycles. The van der Waals surface area contributed by atoms with Crippen LogP contribution in [0.4, 0.5) is 0 Å². The number of nitrogens with one attached hydrogen (secondary N) is 1. The molecule has 1 fully saturated rings. The van der Waals surface area contributed by atoms with Crippen LogP contribution in [0.15, 0.2) is 29.2 Å². The molecule has 1 saturated heterocycles. The third-order valence-corrected chi connectivity index (χ3v) is 5.22. The molecule has 1 heterocycles. The van der Waals surface area contributed by atoms with Gasteiger partial charge in [0.1, 0.15) is 0 Å². The third kappa shape index (κ3) is 4.45. The Balaban J connectivity index is 0.00000200. The number of benzene rings is 1. The van der Waals surface area contributed by atoms with Crippen molar-refractivity contribution in [1.82, 2.24) is 9.62 Å². The fourth-order valence-electron chi connectivity index (χ4n) is 2.37. The van der Waals surface area contributed by atoms with Crippen molar-refractivity contribution in [3.63, 3.8) is 0 Å². The van der Waals surface area contributed by atoms with Crippen molar-refractivity contribution >= 4 is 22.4 Å². The van der Waals surface area contributed by atoms with Crippen LogP contribution >= 0.6 is 12.4 Å².